The van der Waals surface area contributed by atoms with Gasteiger partial charge >= 0.3 is 6.09 Å². The van der Waals surface area contributed by atoms with Crippen molar-refractivity contribution >= 4 is 23.4 Å². The standard InChI is InChI=1S/C31H33F3N8O3/c1-17-14-41(16-24(38-30(44)45-31(3,4)5)28(17)42-15-18(2)39-40-42)25-11-12-35-13-23(25)37-29(43)22-10-9-21(34)27(36-22)26-19(32)7-6-8-20(26)33/h6-13,15,17,24,28H,14,16H2,1-5H3,(H,37,43)(H,38,44)/t17-,24+,28-/m0/s1. The van der Waals surface area contributed by atoms with E-state index < -0.39 is 52.4 Å². The Morgan fingerprint density at radius 3 is 2.42 bits per heavy atom. The molecular weight excluding hydrogens is 589 g/mol. The summed E-state index contributed by atoms with van der Waals surface area (Å²) in [6.45, 7) is 10.00. The molecule has 1 fully saturated rings. The lowest BCUT2D eigenvalue weighted by Gasteiger charge is -2.44. The summed E-state index contributed by atoms with van der Waals surface area (Å²) >= 11 is 0. The van der Waals surface area contributed by atoms with Gasteiger partial charge in [0.15, 0.2) is 0 Å². The van der Waals surface area contributed by atoms with E-state index >= 15 is 0 Å². The van der Waals surface area contributed by atoms with E-state index in [-0.39, 0.29) is 17.7 Å². The van der Waals surface area contributed by atoms with Gasteiger partial charge in [0.2, 0.25) is 0 Å². The van der Waals surface area contributed by atoms with Crippen molar-refractivity contribution in [3.05, 3.63) is 83.8 Å². The third-order valence-corrected chi connectivity index (χ3v) is 7.22. The Kier molecular flexibility index (Phi) is 8.75. The van der Waals surface area contributed by atoms with Crippen molar-refractivity contribution in [3.63, 3.8) is 0 Å². The predicted octanol–water partition coefficient (Wildman–Crippen LogP) is 5.30. The third-order valence-electron chi connectivity index (χ3n) is 7.22. The minimum absolute atomic E-state index is 0.0616. The van der Waals surface area contributed by atoms with Crippen LogP contribution in [-0.2, 0) is 4.74 Å². The number of alkyl carbamates (subject to hydrolysis) is 1. The lowest BCUT2D eigenvalue weighted by molar-refractivity contribution is 0.0465. The van der Waals surface area contributed by atoms with Crippen molar-refractivity contribution in [2.24, 2.45) is 5.92 Å². The van der Waals surface area contributed by atoms with Crippen LogP contribution in [0, 0.1) is 30.3 Å². The number of anilines is 2. The topological polar surface area (TPSA) is 127 Å². The molecule has 0 spiro atoms. The highest BCUT2D eigenvalue weighted by molar-refractivity contribution is 6.04. The second-order valence-corrected chi connectivity index (χ2v) is 11.9. The molecule has 236 valence electrons. The number of aromatic nitrogens is 5. The second-order valence-electron chi connectivity index (χ2n) is 11.9. The van der Waals surface area contributed by atoms with Gasteiger partial charge in [-0.05, 0) is 63.9 Å². The number of pyridine rings is 2. The zero-order chi connectivity index (χ0) is 32.5. The molecule has 1 aliphatic heterocycles. The van der Waals surface area contributed by atoms with Crippen molar-refractivity contribution < 1.29 is 27.5 Å². The molecule has 0 radical (unpaired) electrons. The van der Waals surface area contributed by atoms with Gasteiger partial charge in [0.25, 0.3) is 5.91 Å². The van der Waals surface area contributed by atoms with Crippen LogP contribution in [0.1, 0.15) is 49.9 Å². The lowest BCUT2D eigenvalue weighted by atomic mass is 9.89. The van der Waals surface area contributed by atoms with Crippen LogP contribution in [0.3, 0.4) is 0 Å². The SMILES string of the molecule is Cc1cn([C@H]2[C@@H](C)CN(c3ccncc3NC(=O)c3ccc(F)c(-c4c(F)cccc4F)n3)C[C@H]2NC(=O)OC(C)(C)C)nn1. The maximum atomic E-state index is 14.6. The molecule has 1 aliphatic rings. The van der Waals surface area contributed by atoms with Gasteiger partial charge in [0.05, 0.1) is 40.9 Å². The van der Waals surface area contributed by atoms with Crippen molar-refractivity contribution in [1.29, 1.82) is 0 Å². The van der Waals surface area contributed by atoms with E-state index in [9.17, 15) is 22.8 Å². The number of benzene rings is 1. The number of amides is 2. The zero-order valence-electron chi connectivity index (χ0n) is 25.4. The van der Waals surface area contributed by atoms with Gasteiger partial charge in [0, 0.05) is 25.5 Å². The molecular formula is C31H33F3N8O3. The highest BCUT2D eigenvalue weighted by atomic mass is 19.1. The number of nitrogens with zero attached hydrogens (tertiary/aromatic N) is 6. The van der Waals surface area contributed by atoms with Crippen molar-refractivity contribution in [3.8, 4) is 11.3 Å². The van der Waals surface area contributed by atoms with E-state index in [1.54, 1.807) is 37.7 Å². The summed E-state index contributed by atoms with van der Waals surface area (Å²) in [4.78, 5) is 36.3. The lowest BCUT2D eigenvalue weighted by Crippen LogP contribution is -2.57. The van der Waals surface area contributed by atoms with Crippen LogP contribution in [0.15, 0.2) is 55.0 Å². The van der Waals surface area contributed by atoms with E-state index in [1.165, 1.54) is 6.20 Å². The summed E-state index contributed by atoms with van der Waals surface area (Å²) in [5.41, 5.74) is -0.632. The van der Waals surface area contributed by atoms with Crippen LogP contribution in [0.4, 0.5) is 29.3 Å². The number of halogens is 3. The summed E-state index contributed by atoms with van der Waals surface area (Å²) in [6, 6.07) is 6.15. The fourth-order valence-corrected chi connectivity index (χ4v) is 5.43. The molecule has 45 heavy (non-hydrogen) atoms. The Morgan fingerprint density at radius 2 is 1.76 bits per heavy atom. The van der Waals surface area contributed by atoms with Gasteiger partial charge in [-0.1, -0.05) is 18.2 Å². The minimum Gasteiger partial charge on any atom is -0.444 e. The molecule has 1 saturated heterocycles. The number of aryl methyl sites for hydroxylation is 1. The Hall–Kier alpha value is -5.01. The molecule has 3 aromatic heterocycles. The number of piperidine rings is 1. The summed E-state index contributed by atoms with van der Waals surface area (Å²) in [7, 11) is 0. The summed E-state index contributed by atoms with van der Waals surface area (Å²) in [5.74, 6) is -3.82. The van der Waals surface area contributed by atoms with Crippen molar-refractivity contribution in [1.82, 2.24) is 30.3 Å². The first-order chi connectivity index (χ1) is 21.3. The van der Waals surface area contributed by atoms with E-state index in [2.05, 4.69) is 30.9 Å². The van der Waals surface area contributed by atoms with Gasteiger partial charge < -0.3 is 20.3 Å². The second kappa shape index (κ2) is 12.5. The van der Waals surface area contributed by atoms with E-state index in [0.717, 1.165) is 36.0 Å². The fraction of sp³-hybridized carbons (Fsp3) is 0.355. The Labute approximate surface area is 257 Å². The number of rotatable bonds is 6. The van der Waals surface area contributed by atoms with Gasteiger partial charge in [-0.2, -0.15) is 0 Å². The molecule has 0 saturated carbocycles. The summed E-state index contributed by atoms with van der Waals surface area (Å²) in [6.07, 6.45) is 4.24. The Bertz CT molecular complexity index is 1700. The maximum absolute atomic E-state index is 14.6. The number of carbonyl (C=O) groups is 2. The van der Waals surface area contributed by atoms with Crippen molar-refractivity contribution in [2.45, 2.75) is 52.3 Å². The fourth-order valence-electron chi connectivity index (χ4n) is 5.43. The van der Waals surface area contributed by atoms with E-state index in [0.29, 0.717) is 24.5 Å². The minimum atomic E-state index is -1.01. The van der Waals surface area contributed by atoms with Crippen LogP contribution in [0.2, 0.25) is 0 Å². The summed E-state index contributed by atoms with van der Waals surface area (Å²) in [5, 5.41) is 14.1. The molecule has 1 aromatic carbocycles. The Balaban J connectivity index is 1.42. The maximum Gasteiger partial charge on any atom is 0.408 e. The number of carbonyl (C=O) groups excluding carboxylic acids is 2. The first-order valence-corrected chi connectivity index (χ1v) is 14.3. The van der Waals surface area contributed by atoms with Gasteiger partial charge in [-0.15, -0.1) is 5.10 Å². The first kappa shape index (κ1) is 31.4. The quantitative estimate of drug-likeness (QED) is 0.297. The highest BCUT2D eigenvalue weighted by Crippen LogP contribution is 2.35. The largest absolute Gasteiger partial charge is 0.444 e. The molecule has 5 rings (SSSR count). The van der Waals surface area contributed by atoms with E-state index in [1.807, 2.05) is 24.9 Å². The molecule has 11 nitrogen and oxygen atoms in total. The van der Waals surface area contributed by atoms with Crippen LogP contribution < -0.4 is 15.5 Å². The van der Waals surface area contributed by atoms with Gasteiger partial charge in [-0.25, -0.2) is 27.6 Å². The molecule has 0 unspecified atom stereocenters. The van der Waals surface area contributed by atoms with Gasteiger partial charge in [-0.3, -0.25) is 9.78 Å². The molecule has 14 heteroatoms. The molecule has 4 heterocycles. The number of hydrogen-bond acceptors (Lipinski definition) is 8. The molecule has 0 aliphatic carbocycles. The number of nitrogens with one attached hydrogen (secondary N) is 2. The average molecular weight is 623 g/mol. The first-order valence-electron chi connectivity index (χ1n) is 14.3. The number of hydrogen-bond donors (Lipinski definition) is 2. The number of ether oxygens (including phenoxy) is 1. The average Bonchev–Trinajstić information content (AvgIpc) is 3.38. The molecule has 2 N–H and O–H groups in total. The third kappa shape index (κ3) is 7.05. The summed E-state index contributed by atoms with van der Waals surface area (Å²) < 4.78 is 50.7. The van der Waals surface area contributed by atoms with Crippen LogP contribution in [0.5, 0.6) is 0 Å². The van der Waals surface area contributed by atoms with Crippen molar-refractivity contribution in [2.75, 3.05) is 23.3 Å². The molecule has 3 atom stereocenters. The van der Waals surface area contributed by atoms with Crippen LogP contribution in [0.25, 0.3) is 11.3 Å². The normalized spacial score (nSPS) is 18.4. The highest BCUT2D eigenvalue weighted by Gasteiger charge is 2.39. The zero-order valence-corrected chi connectivity index (χ0v) is 25.4. The molecule has 4 aromatic rings. The van der Waals surface area contributed by atoms with Gasteiger partial charge in [0.1, 0.15) is 34.4 Å². The molecule has 0 bridgehead atoms. The van der Waals surface area contributed by atoms with Crippen LogP contribution >= 0.6 is 0 Å². The van der Waals surface area contributed by atoms with Crippen LogP contribution in [-0.4, -0.2) is 61.7 Å². The Morgan fingerprint density at radius 1 is 1.02 bits per heavy atom. The smallest absolute Gasteiger partial charge is 0.408 e. The van der Waals surface area contributed by atoms with E-state index in [4.69, 9.17) is 4.74 Å². The molecule has 2 amide bonds. The predicted molar refractivity (Wildman–Crippen MR) is 160 cm³/mol. The monoisotopic (exact) mass is 622 g/mol.